The lowest BCUT2D eigenvalue weighted by atomic mass is 10.1. The van der Waals surface area contributed by atoms with Gasteiger partial charge < -0.3 is 5.11 Å². The molecule has 0 aromatic heterocycles. The van der Waals surface area contributed by atoms with Crippen LogP contribution in [0.2, 0.25) is 0 Å². The monoisotopic (exact) mass is 123 g/mol. The Labute approximate surface area is 54.1 Å². The highest BCUT2D eigenvalue weighted by Gasteiger charge is 2.56. The zero-order valence-electron chi connectivity index (χ0n) is 5.12. The highest BCUT2D eigenvalue weighted by atomic mass is 16.3. The third-order valence-electron chi connectivity index (χ3n) is 2.57. The second-order valence-corrected chi connectivity index (χ2v) is 3.11. The van der Waals surface area contributed by atoms with Crippen molar-refractivity contribution in [2.45, 2.75) is 18.9 Å². The molecule has 2 aliphatic rings. The van der Waals surface area contributed by atoms with E-state index in [1.807, 2.05) is 0 Å². The Morgan fingerprint density at radius 2 is 1.89 bits per heavy atom. The fourth-order valence-corrected chi connectivity index (χ4v) is 2.00. The van der Waals surface area contributed by atoms with Crippen molar-refractivity contribution >= 4 is 0 Å². The number of aliphatic hydroxyl groups excluding tert-OH is 1. The van der Waals surface area contributed by atoms with Gasteiger partial charge >= 0.3 is 0 Å². The van der Waals surface area contributed by atoms with Crippen molar-refractivity contribution in [3.63, 3.8) is 0 Å². The molecule has 2 saturated carbocycles. The summed E-state index contributed by atoms with van der Waals surface area (Å²) in [6.07, 6.45) is 1.66. The molecule has 48 valence electrons. The van der Waals surface area contributed by atoms with E-state index in [1.54, 1.807) is 0 Å². The van der Waals surface area contributed by atoms with E-state index < -0.39 is 0 Å². The zero-order chi connectivity index (χ0) is 6.43. The van der Waals surface area contributed by atoms with Crippen molar-refractivity contribution in [2.75, 3.05) is 0 Å². The maximum atomic E-state index is 9.03. The molecule has 2 heteroatoms. The fraction of sp³-hybridized carbons (Fsp3) is 0.857. The Balaban J connectivity index is 2.00. The van der Waals surface area contributed by atoms with Gasteiger partial charge in [0, 0.05) is 0 Å². The number of hydrogen-bond donors (Lipinski definition) is 1. The van der Waals surface area contributed by atoms with Crippen molar-refractivity contribution in [1.82, 2.24) is 0 Å². The van der Waals surface area contributed by atoms with Gasteiger partial charge in [0.05, 0.1) is 18.1 Å². The maximum absolute atomic E-state index is 9.03. The maximum Gasteiger partial charge on any atom is 0.0661 e. The van der Waals surface area contributed by atoms with Crippen LogP contribution in [-0.2, 0) is 0 Å². The molecular weight excluding hydrogens is 114 g/mol. The van der Waals surface area contributed by atoms with Crippen LogP contribution in [0.4, 0.5) is 0 Å². The molecule has 0 heterocycles. The molecule has 0 bridgehead atoms. The third kappa shape index (κ3) is 0.585. The third-order valence-corrected chi connectivity index (χ3v) is 2.57. The molecule has 2 rings (SSSR count). The van der Waals surface area contributed by atoms with Gasteiger partial charge in [0.15, 0.2) is 0 Å². The number of aliphatic hydroxyl groups is 1. The van der Waals surface area contributed by atoms with Gasteiger partial charge in [0.2, 0.25) is 0 Å². The molecule has 1 unspecified atom stereocenters. The van der Waals surface area contributed by atoms with Crippen LogP contribution in [0.1, 0.15) is 12.8 Å². The Kier molecular flexibility index (Phi) is 0.866. The molecule has 0 aromatic rings. The SMILES string of the molecule is N#C[C@@H]1[C@H]2CC(O)C[C@@H]12. The van der Waals surface area contributed by atoms with Crippen LogP contribution in [-0.4, -0.2) is 11.2 Å². The molecule has 2 fully saturated rings. The molecule has 2 aliphatic carbocycles. The molecular formula is C7H9NO. The highest BCUT2D eigenvalue weighted by molar-refractivity contribution is 5.13. The van der Waals surface area contributed by atoms with Crippen molar-refractivity contribution < 1.29 is 5.11 Å². The van der Waals surface area contributed by atoms with Crippen molar-refractivity contribution in [2.24, 2.45) is 17.8 Å². The van der Waals surface area contributed by atoms with Crippen molar-refractivity contribution in [3.05, 3.63) is 0 Å². The summed E-state index contributed by atoms with van der Waals surface area (Å²) in [4.78, 5) is 0. The van der Waals surface area contributed by atoms with Crippen LogP contribution in [0.25, 0.3) is 0 Å². The van der Waals surface area contributed by atoms with E-state index in [1.165, 1.54) is 0 Å². The molecule has 0 amide bonds. The first kappa shape index (κ1) is 5.25. The molecule has 0 saturated heterocycles. The van der Waals surface area contributed by atoms with Gasteiger partial charge in [-0.15, -0.1) is 0 Å². The van der Waals surface area contributed by atoms with Gasteiger partial charge in [-0.25, -0.2) is 0 Å². The summed E-state index contributed by atoms with van der Waals surface area (Å²) in [5.74, 6) is 1.42. The van der Waals surface area contributed by atoms with Gasteiger partial charge in [-0.2, -0.15) is 5.26 Å². The van der Waals surface area contributed by atoms with Crippen molar-refractivity contribution in [3.8, 4) is 6.07 Å². The van der Waals surface area contributed by atoms with E-state index in [2.05, 4.69) is 6.07 Å². The largest absolute Gasteiger partial charge is 0.393 e. The van der Waals surface area contributed by atoms with Crippen molar-refractivity contribution in [1.29, 1.82) is 5.26 Å². The zero-order valence-corrected chi connectivity index (χ0v) is 5.12. The van der Waals surface area contributed by atoms with Gasteiger partial charge in [-0.3, -0.25) is 0 Å². The molecule has 9 heavy (non-hydrogen) atoms. The fourth-order valence-electron chi connectivity index (χ4n) is 2.00. The van der Waals surface area contributed by atoms with E-state index in [4.69, 9.17) is 10.4 Å². The van der Waals surface area contributed by atoms with Crippen LogP contribution in [0.5, 0.6) is 0 Å². The molecule has 2 nitrogen and oxygen atoms in total. The summed E-state index contributed by atoms with van der Waals surface area (Å²) in [5.41, 5.74) is 0. The molecule has 0 radical (unpaired) electrons. The van der Waals surface area contributed by atoms with Gasteiger partial charge in [0.25, 0.3) is 0 Å². The summed E-state index contributed by atoms with van der Waals surface area (Å²) in [6, 6.07) is 2.25. The van der Waals surface area contributed by atoms with Crippen LogP contribution >= 0.6 is 0 Å². The standard InChI is InChI=1S/C7H9NO/c8-3-7-5-1-4(9)2-6(5)7/h4-7,9H,1-2H2/t4?,5-,6+,7+. The number of hydrogen-bond acceptors (Lipinski definition) is 2. The molecule has 0 aliphatic heterocycles. The average Bonchev–Trinajstić information content (AvgIpc) is 2.30. The van der Waals surface area contributed by atoms with Crippen LogP contribution in [0, 0.1) is 29.1 Å². The van der Waals surface area contributed by atoms with Gasteiger partial charge in [0.1, 0.15) is 0 Å². The summed E-state index contributed by atoms with van der Waals surface area (Å²) in [6.45, 7) is 0. The normalized spacial score (nSPS) is 54.2. The molecule has 0 aromatic carbocycles. The van der Waals surface area contributed by atoms with E-state index >= 15 is 0 Å². The Morgan fingerprint density at radius 3 is 2.33 bits per heavy atom. The first-order chi connectivity index (χ1) is 4.33. The Bertz CT molecular complexity index is 160. The minimum absolute atomic E-state index is 0.0930. The summed E-state index contributed by atoms with van der Waals surface area (Å²) in [7, 11) is 0. The minimum Gasteiger partial charge on any atom is -0.393 e. The molecule has 4 atom stereocenters. The van der Waals surface area contributed by atoms with E-state index in [9.17, 15) is 0 Å². The number of nitrogens with zero attached hydrogens (tertiary/aromatic N) is 1. The van der Waals surface area contributed by atoms with Gasteiger partial charge in [-0.1, -0.05) is 0 Å². The predicted octanol–water partition coefficient (Wildman–Crippen LogP) is 0.527. The highest BCUT2D eigenvalue weighted by Crippen LogP contribution is 2.56. The van der Waals surface area contributed by atoms with Gasteiger partial charge in [-0.05, 0) is 24.7 Å². The van der Waals surface area contributed by atoms with E-state index in [-0.39, 0.29) is 6.10 Å². The second kappa shape index (κ2) is 1.48. The molecule has 0 spiro atoms. The average molecular weight is 123 g/mol. The topological polar surface area (TPSA) is 44.0 Å². The summed E-state index contributed by atoms with van der Waals surface area (Å²) >= 11 is 0. The Hall–Kier alpha value is -0.550. The smallest absolute Gasteiger partial charge is 0.0661 e. The summed E-state index contributed by atoms with van der Waals surface area (Å²) in [5, 5.41) is 17.5. The van der Waals surface area contributed by atoms with Crippen LogP contribution in [0.15, 0.2) is 0 Å². The quantitative estimate of drug-likeness (QED) is 0.510. The van der Waals surface area contributed by atoms with Crippen LogP contribution < -0.4 is 0 Å². The van der Waals surface area contributed by atoms with Crippen LogP contribution in [0.3, 0.4) is 0 Å². The molecule has 1 N–H and O–H groups in total. The lowest BCUT2D eigenvalue weighted by molar-refractivity contribution is 0.164. The predicted molar refractivity (Wildman–Crippen MR) is 31.3 cm³/mol. The minimum atomic E-state index is -0.0930. The summed E-state index contributed by atoms with van der Waals surface area (Å²) < 4.78 is 0. The first-order valence-electron chi connectivity index (χ1n) is 3.40. The number of fused-ring (bicyclic) bond motifs is 1. The number of nitriles is 1. The van der Waals surface area contributed by atoms with E-state index in [0.717, 1.165) is 12.8 Å². The van der Waals surface area contributed by atoms with E-state index in [0.29, 0.717) is 17.8 Å². The first-order valence-corrected chi connectivity index (χ1v) is 3.40. The number of rotatable bonds is 0. The lowest BCUT2D eigenvalue weighted by Gasteiger charge is -2.01. The Morgan fingerprint density at radius 1 is 1.33 bits per heavy atom. The lowest BCUT2D eigenvalue weighted by Crippen LogP contribution is -2.03. The second-order valence-electron chi connectivity index (χ2n) is 3.11.